The maximum Gasteiger partial charge on any atom is 0.318 e. The Kier molecular flexibility index (Phi) is 6.81. The quantitative estimate of drug-likeness (QED) is 0.765. The summed E-state index contributed by atoms with van der Waals surface area (Å²) in [6.07, 6.45) is 0.358. The van der Waals surface area contributed by atoms with E-state index < -0.39 is 17.4 Å². The maximum atomic E-state index is 14.4. The van der Waals surface area contributed by atoms with Crippen molar-refractivity contribution in [2.24, 2.45) is 5.10 Å². The second kappa shape index (κ2) is 9.38. The molecule has 0 saturated carbocycles. The summed E-state index contributed by atoms with van der Waals surface area (Å²) in [5, 5.41) is 8.66. The predicted molar refractivity (Wildman–Crippen MR) is 121 cm³/mol. The second-order valence-corrected chi connectivity index (χ2v) is 8.79. The van der Waals surface area contributed by atoms with Gasteiger partial charge in [0, 0.05) is 24.6 Å². The second-order valence-electron chi connectivity index (χ2n) is 8.79. The normalized spacial score (nSPS) is 15.9. The van der Waals surface area contributed by atoms with Crippen LogP contribution in [0.2, 0.25) is 0 Å². The SMILES string of the molecule is COc1ccc([C@H]2CC(c3ccccc3F)=NN2C(=O)CN(C)C(=O)NC(C)(C)C)cc1. The summed E-state index contributed by atoms with van der Waals surface area (Å²) >= 11 is 0. The summed E-state index contributed by atoms with van der Waals surface area (Å²) in [7, 11) is 3.14. The molecule has 0 radical (unpaired) electrons. The molecule has 170 valence electrons. The first kappa shape index (κ1) is 23.2. The van der Waals surface area contributed by atoms with Gasteiger partial charge in [0.05, 0.1) is 18.9 Å². The number of carbonyl (C=O) groups is 2. The molecule has 0 aliphatic carbocycles. The van der Waals surface area contributed by atoms with Crippen LogP contribution in [0.25, 0.3) is 0 Å². The number of benzene rings is 2. The monoisotopic (exact) mass is 440 g/mol. The number of nitrogens with one attached hydrogen (secondary N) is 1. The molecule has 0 fully saturated rings. The fourth-order valence-electron chi connectivity index (χ4n) is 3.45. The summed E-state index contributed by atoms with van der Waals surface area (Å²) in [5.41, 5.74) is 1.26. The summed E-state index contributed by atoms with van der Waals surface area (Å²) in [5.74, 6) is -0.0575. The Balaban J connectivity index is 1.87. The number of urea groups is 1. The van der Waals surface area contributed by atoms with Gasteiger partial charge in [0.1, 0.15) is 18.1 Å². The first-order valence-corrected chi connectivity index (χ1v) is 10.4. The molecule has 0 unspecified atom stereocenters. The van der Waals surface area contributed by atoms with Crippen LogP contribution < -0.4 is 10.1 Å². The van der Waals surface area contributed by atoms with Crippen molar-refractivity contribution in [1.82, 2.24) is 15.2 Å². The minimum atomic E-state index is -0.427. The predicted octanol–water partition coefficient (Wildman–Crippen LogP) is 3.95. The summed E-state index contributed by atoms with van der Waals surface area (Å²) in [6, 6.07) is 12.9. The van der Waals surface area contributed by atoms with Crippen molar-refractivity contribution >= 4 is 17.6 Å². The van der Waals surface area contributed by atoms with Crippen molar-refractivity contribution in [2.75, 3.05) is 20.7 Å². The number of carbonyl (C=O) groups excluding carboxylic acids is 2. The molecule has 0 saturated heterocycles. The fraction of sp³-hybridized carbons (Fsp3) is 0.375. The van der Waals surface area contributed by atoms with E-state index in [4.69, 9.17) is 4.74 Å². The molecular formula is C24H29FN4O3. The average molecular weight is 441 g/mol. The average Bonchev–Trinajstić information content (AvgIpc) is 3.18. The lowest BCUT2D eigenvalue weighted by atomic mass is 9.98. The number of methoxy groups -OCH3 is 1. The van der Waals surface area contributed by atoms with Crippen molar-refractivity contribution in [3.05, 3.63) is 65.5 Å². The summed E-state index contributed by atoms with van der Waals surface area (Å²) in [6.45, 7) is 5.44. The molecule has 3 rings (SSSR count). The van der Waals surface area contributed by atoms with Gasteiger partial charge in [-0.2, -0.15) is 5.10 Å². The van der Waals surface area contributed by atoms with E-state index in [0.29, 0.717) is 23.4 Å². The van der Waals surface area contributed by atoms with Gasteiger partial charge in [0.25, 0.3) is 5.91 Å². The third kappa shape index (κ3) is 5.43. The largest absolute Gasteiger partial charge is 0.497 e. The number of hydrogen-bond donors (Lipinski definition) is 1. The van der Waals surface area contributed by atoms with Crippen molar-refractivity contribution in [2.45, 2.75) is 38.8 Å². The minimum absolute atomic E-state index is 0.164. The van der Waals surface area contributed by atoms with Crippen LogP contribution in [0.1, 0.15) is 44.4 Å². The third-order valence-electron chi connectivity index (χ3n) is 5.05. The number of amides is 3. The molecule has 7 nitrogen and oxygen atoms in total. The van der Waals surface area contributed by atoms with Gasteiger partial charge in [-0.1, -0.05) is 30.3 Å². The van der Waals surface area contributed by atoms with Crippen LogP contribution in [0, 0.1) is 5.82 Å². The van der Waals surface area contributed by atoms with Crippen LogP contribution in [0.3, 0.4) is 0 Å². The van der Waals surface area contributed by atoms with Crippen LogP contribution in [0.4, 0.5) is 9.18 Å². The number of likely N-dealkylation sites (N-methyl/N-ethyl adjacent to an activating group) is 1. The molecular weight excluding hydrogens is 411 g/mol. The smallest absolute Gasteiger partial charge is 0.318 e. The third-order valence-corrected chi connectivity index (χ3v) is 5.05. The van der Waals surface area contributed by atoms with Crippen molar-refractivity contribution in [1.29, 1.82) is 0 Å². The number of halogens is 1. The van der Waals surface area contributed by atoms with E-state index in [1.54, 1.807) is 32.4 Å². The minimum Gasteiger partial charge on any atom is -0.497 e. The fourth-order valence-corrected chi connectivity index (χ4v) is 3.45. The molecule has 2 aromatic rings. The highest BCUT2D eigenvalue weighted by molar-refractivity contribution is 6.03. The van der Waals surface area contributed by atoms with Crippen LogP contribution in [-0.2, 0) is 4.79 Å². The van der Waals surface area contributed by atoms with E-state index in [9.17, 15) is 14.0 Å². The maximum absolute atomic E-state index is 14.4. The van der Waals surface area contributed by atoms with Gasteiger partial charge < -0.3 is 15.0 Å². The van der Waals surface area contributed by atoms with Gasteiger partial charge >= 0.3 is 6.03 Å². The van der Waals surface area contributed by atoms with Crippen molar-refractivity contribution < 1.29 is 18.7 Å². The van der Waals surface area contributed by atoms with Crippen LogP contribution in [-0.4, -0.2) is 53.8 Å². The van der Waals surface area contributed by atoms with Gasteiger partial charge in [-0.15, -0.1) is 0 Å². The van der Waals surface area contributed by atoms with Crippen molar-refractivity contribution in [3.8, 4) is 5.75 Å². The first-order chi connectivity index (χ1) is 15.1. The molecule has 0 bridgehead atoms. The Bertz CT molecular complexity index is 1010. The molecule has 2 aromatic carbocycles. The molecule has 1 atom stereocenters. The zero-order chi connectivity index (χ0) is 23.5. The number of rotatable bonds is 5. The molecule has 8 heteroatoms. The van der Waals surface area contributed by atoms with Crippen LogP contribution in [0.15, 0.2) is 53.6 Å². The number of hydrogen-bond acceptors (Lipinski definition) is 4. The highest BCUT2D eigenvalue weighted by atomic mass is 19.1. The van der Waals surface area contributed by atoms with E-state index in [1.165, 1.54) is 16.0 Å². The number of hydrazone groups is 1. The lowest BCUT2D eigenvalue weighted by Crippen LogP contribution is -2.49. The Morgan fingerprint density at radius 2 is 1.84 bits per heavy atom. The molecule has 3 amide bonds. The highest BCUT2D eigenvalue weighted by Crippen LogP contribution is 2.34. The van der Waals surface area contributed by atoms with Crippen LogP contribution in [0.5, 0.6) is 5.75 Å². The molecule has 1 aliphatic rings. The topological polar surface area (TPSA) is 74.2 Å². The van der Waals surface area contributed by atoms with Gasteiger partial charge in [-0.05, 0) is 44.5 Å². The van der Waals surface area contributed by atoms with Crippen LogP contribution >= 0.6 is 0 Å². The Labute approximate surface area is 187 Å². The molecule has 1 aliphatic heterocycles. The Morgan fingerprint density at radius 1 is 1.19 bits per heavy atom. The standard InChI is InChI=1S/C24H29FN4O3/c1-24(2,3)26-23(31)28(4)15-22(30)29-21(16-10-12-17(32-5)13-11-16)14-20(27-29)18-8-6-7-9-19(18)25/h6-13,21H,14-15H2,1-5H3,(H,26,31)/t21-/m1/s1. The number of ether oxygens (including phenoxy) is 1. The molecule has 0 aromatic heterocycles. The molecule has 1 heterocycles. The van der Waals surface area contributed by atoms with Gasteiger partial charge in [0.2, 0.25) is 0 Å². The van der Waals surface area contributed by atoms with E-state index in [2.05, 4.69) is 10.4 Å². The lowest BCUT2D eigenvalue weighted by Gasteiger charge is -2.28. The van der Waals surface area contributed by atoms with E-state index in [0.717, 1.165) is 5.56 Å². The zero-order valence-corrected chi connectivity index (χ0v) is 19.1. The Hall–Kier alpha value is -3.42. The summed E-state index contributed by atoms with van der Waals surface area (Å²) < 4.78 is 19.6. The van der Waals surface area contributed by atoms with Gasteiger partial charge in [-0.25, -0.2) is 14.2 Å². The number of nitrogens with zero attached hydrogens (tertiary/aromatic N) is 3. The molecule has 0 spiro atoms. The first-order valence-electron chi connectivity index (χ1n) is 10.4. The van der Waals surface area contributed by atoms with E-state index >= 15 is 0 Å². The highest BCUT2D eigenvalue weighted by Gasteiger charge is 2.34. The van der Waals surface area contributed by atoms with E-state index in [1.807, 2.05) is 45.0 Å². The van der Waals surface area contributed by atoms with Crippen molar-refractivity contribution in [3.63, 3.8) is 0 Å². The molecule has 1 N–H and O–H groups in total. The molecule has 32 heavy (non-hydrogen) atoms. The zero-order valence-electron chi connectivity index (χ0n) is 19.1. The van der Waals surface area contributed by atoms with E-state index in [-0.39, 0.29) is 18.5 Å². The summed E-state index contributed by atoms with van der Waals surface area (Å²) in [4.78, 5) is 26.9. The lowest BCUT2D eigenvalue weighted by molar-refractivity contribution is -0.133. The van der Waals surface area contributed by atoms with Gasteiger partial charge in [-0.3, -0.25) is 4.79 Å². The Morgan fingerprint density at radius 3 is 2.44 bits per heavy atom. The van der Waals surface area contributed by atoms with Gasteiger partial charge in [0.15, 0.2) is 0 Å².